The smallest absolute Gasteiger partial charge is 0.244 e. The molecule has 1 unspecified atom stereocenters. The zero-order valence-corrected chi connectivity index (χ0v) is 12.6. The second-order valence-electron chi connectivity index (χ2n) is 4.42. The number of nitrogens with two attached hydrogens (primary N) is 1. The summed E-state index contributed by atoms with van der Waals surface area (Å²) in [6.45, 7) is 1.47. The summed E-state index contributed by atoms with van der Waals surface area (Å²) in [7, 11) is 1.60. The summed E-state index contributed by atoms with van der Waals surface area (Å²) in [5.41, 5.74) is 7.23. The molecule has 1 heterocycles. The number of morpholine rings is 1. The van der Waals surface area contributed by atoms with E-state index in [1.165, 1.54) is 0 Å². The second kappa shape index (κ2) is 6.39. The van der Waals surface area contributed by atoms with E-state index in [9.17, 15) is 4.79 Å². The van der Waals surface area contributed by atoms with Crippen molar-refractivity contribution in [2.75, 3.05) is 31.7 Å². The molecule has 0 aliphatic carbocycles. The number of rotatable bonds is 3. The maximum atomic E-state index is 12.0. The van der Waals surface area contributed by atoms with Crippen LogP contribution < -0.4 is 16.0 Å². The molecule has 108 valence electrons. The number of benzene rings is 1. The Hall–Kier alpha value is -1.37. The molecule has 0 aromatic heterocycles. The van der Waals surface area contributed by atoms with Crippen LogP contribution in [0.4, 0.5) is 5.69 Å². The number of carbonyl (C=O) groups excluding carboxylic acids is 1. The summed E-state index contributed by atoms with van der Waals surface area (Å²) < 4.78 is 5.39. The number of anilines is 1. The molecule has 1 aliphatic rings. The molecule has 1 atom stereocenters. The Labute approximate surface area is 128 Å². The monoisotopic (exact) mass is 313 g/mol. The van der Waals surface area contributed by atoms with Gasteiger partial charge in [-0.2, -0.15) is 0 Å². The number of likely N-dealkylation sites (N-methyl/N-ethyl adjacent to an activating group) is 1. The van der Waals surface area contributed by atoms with Crippen molar-refractivity contribution >= 4 is 40.4 Å². The van der Waals surface area contributed by atoms with Gasteiger partial charge in [0.2, 0.25) is 5.91 Å². The summed E-state index contributed by atoms with van der Waals surface area (Å²) in [5, 5.41) is 3.20. The van der Waals surface area contributed by atoms with Crippen LogP contribution in [0.15, 0.2) is 18.2 Å². The SMILES string of the molecule is CNC(=O)C1COCCN1c1ccc(Cl)cc1C(N)=S. The van der Waals surface area contributed by atoms with Crippen LogP contribution in [0.25, 0.3) is 0 Å². The fourth-order valence-electron chi connectivity index (χ4n) is 2.23. The molecule has 1 aromatic carbocycles. The first-order valence-electron chi connectivity index (χ1n) is 6.20. The number of nitrogens with zero attached hydrogens (tertiary/aromatic N) is 1. The highest BCUT2D eigenvalue weighted by Crippen LogP contribution is 2.27. The van der Waals surface area contributed by atoms with Gasteiger partial charge in [0.25, 0.3) is 0 Å². The average Bonchev–Trinajstić information content (AvgIpc) is 2.46. The largest absolute Gasteiger partial charge is 0.389 e. The van der Waals surface area contributed by atoms with E-state index in [2.05, 4.69) is 5.32 Å². The number of halogens is 1. The minimum absolute atomic E-state index is 0.103. The van der Waals surface area contributed by atoms with E-state index in [0.717, 1.165) is 5.69 Å². The fraction of sp³-hybridized carbons (Fsp3) is 0.385. The predicted molar refractivity (Wildman–Crippen MR) is 83.4 cm³/mol. The number of thiocarbonyl (C=S) groups is 1. The number of ether oxygens (including phenoxy) is 1. The standard InChI is InChI=1S/C13H16ClN3O2S/c1-16-13(18)11-7-19-5-4-17(11)10-3-2-8(14)6-9(10)12(15)20/h2-3,6,11H,4-5,7H2,1H3,(H2,15,20)(H,16,18). The van der Waals surface area contributed by atoms with Gasteiger partial charge in [-0.25, -0.2) is 0 Å². The van der Waals surface area contributed by atoms with Crippen LogP contribution in [0.3, 0.4) is 0 Å². The van der Waals surface area contributed by atoms with E-state index < -0.39 is 6.04 Å². The van der Waals surface area contributed by atoms with E-state index in [1.807, 2.05) is 11.0 Å². The molecule has 7 heteroatoms. The summed E-state index contributed by atoms with van der Waals surface area (Å²) in [5.74, 6) is -0.103. The number of amides is 1. The van der Waals surface area contributed by atoms with Crippen molar-refractivity contribution in [3.63, 3.8) is 0 Å². The van der Waals surface area contributed by atoms with Crippen LogP contribution in [0.5, 0.6) is 0 Å². The first-order chi connectivity index (χ1) is 9.54. The van der Waals surface area contributed by atoms with E-state index >= 15 is 0 Å². The molecule has 0 bridgehead atoms. The minimum Gasteiger partial charge on any atom is -0.389 e. The summed E-state index contributed by atoms with van der Waals surface area (Å²) in [6, 6.07) is 4.91. The molecular weight excluding hydrogens is 298 g/mol. The molecule has 2 rings (SSSR count). The van der Waals surface area contributed by atoms with Crippen molar-refractivity contribution in [2.24, 2.45) is 5.73 Å². The molecule has 1 fully saturated rings. The summed E-state index contributed by atoms with van der Waals surface area (Å²) in [4.78, 5) is 14.2. The van der Waals surface area contributed by atoms with Crippen molar-refractivity contribution < 1.29 is 9.53 Å². The Balaban J connectivity index is 2.42. The Bertz CT molecular complexity index is 538. The van der Waals surface area contributed by atoms with Gasteiger partial charge in [-0.1, -0.05) is 23.8 Å². The third kappa shape index (κ3) is 3.03. The third-order valence-electron chi connectivity index (χ3n) is 3.21. The highest BCUT2D eigenvalue weighted by atomic mass is 35.5. The van der Waals surface area contributed by atoms with Gasteiger partial charge in [0.1, 0.15) is 11.0 Å². The molecule has 20 heavy (non-hydrogen) atoms. The molecule has 0 radical (unpaired) electrons. The first kappa shape index (κ1) is 15.0. The quantitative estimate of drug-likeness (QED) is 0.813. The van der Waals surface area contributed by atoms with E-state index in [0.29, 0.717) is 30.3 Å². The van der Waals surface area contributed by atoms with Gasteiger partial charge in [-0.15, -0.1) is 0 Å². The lowest BCUT2D eigenvalue weighted by Crippen LogP contribution is -2.53. The van der Waals surface area contributed by atoms with Crippen LogP contribution >= 0.6 is 23.8 Å². The lowest BCUT2D eigenvalue weighted by atomic mass is 10.1. The highest BCUT2D eigenvalue weighted by Gasteiger charge is 2.30. The molecule has 1 aromatic rings. The van der Waals surface area contributed by atoms with E-state index in [-0.39, 0.29) is 10.9 Å². The molecule has 3 N–H and O–H groups in total. The van der Waals surface area contributed by atoms with Crippen LogP contribution in [-0.2, 0) is 9.53 Å². The topological polar surface area (TPSA) is 67.6 Å². The first-order valence-corrected chi connectivity index (χ1v) is 6.98. The Morgan fingerprint density at radius 2 is 2.35 bits per heavy atom. The normalized spacial score (nSPS) is 18.7. The minimum atomic E-state index is -0.400. The number of hydrogen-bond donors (Lipinski definition) is 2. The molecule has 1 aliphatic heterocycles. The lowest BCUT2D eigenvalue weighted by molar-refractivity contribution is -0.124. The average molecular weight is 314 g/mol. The fourth-order valence-corrected chi connectivity index (χ4v) is 2.57. The van der Waals surface area contributed by atoms with Gasteiger partial charge in [0.15, 0.2) is 0 Å². The summed E-state index contributed by atoms with van der Waals surface area (Å²) >= 11 is 11.1. The van der Waals surface area contributed by atoms with Gasteiger partial charge >= 0.3 is 0 Å². The molecule has 1 saturated heterocycles. The van der Waals surface area contributed by atoms with Gasteiger partial charge in [-0.05, 0) is 18.2 Å². The Morgan fingerprint density at radius 1 is 1.60 bits per heavy atom. The van der Waals surface area contributed by atoms with Crippen LogP contribution in [-0.4, -0.2) is 43.7 Å². The summed E-state index contributed by atoms with van der Waals surface area (Å²) in [6.07, 6.45) is 0. The van der Waals surface area contributed by atoms with Crippen molar-refractivity contribution in [3.05, 3.63) is 28.8 Å². The van der Waals surface area contributed by atoms with E-state index in [4.69, 9.17) is 34.3 Å². The van der Waals surface area contributed by atoms with Crippen molar-refractivity contribution in [3.8, 4) is 0 Å². The van der Waals surface area contributed by atoms with Crippen molar-refractivity contribution in [1.29, 1.82) is 0 Å². The molecular formula is C13H16ClN3O2S. The van der Waals surface area contributed by atoms with Gasteiger partial charge in [-0.3, -0.25) is 4.79 Å². The van der Waals surface area contributed by atoms with Gasteiger partial charge in [0, 0.05) is 29.9 Å². The van der Waals surface area contributed by atoms with Gasteiger partial charge < -0.3 is 20.7 Å². The Morgan fingerprint density at radius 3 is 3.00 bits per heavy atom. The van der Waals surface area contributed by atoms with Crippen LogP contribution in [0.2, 0.25) is 5.02 Å². The molecule has 1 amide bonds. The van der Waals surface area contributed by atoms with Crippen molar-refractivity contribution in [1.82, 2.24) is 5.32 Å². The predicted octanol–water partition coefficient (Wildman–Crippen LogP) is 0.925. The number of nitrogens with one attached hydrogen (secondary N) is 1. The zero-order valence-electron chi connectivity index (χ0n) is 11.1. The Kier molecular flexibility index (Phi) is 4.80. The van der Waals surface area contributed by atoms with Crippen LogP contribution in [0, 0.1) is 0 Å². The van der Waals surface area contributed by atoms with Crippen molar-refractivity contribution in [2.45, 2.75) is 6.04 Å². The number of carbonyl (C=O) groups is 1. The zero-order chi connectivity index (χ0) is 14.7. The van der Waals surface area contributed by atoms with Crippen LogP contribution in [0.1, 0.15) is 5.56 Å². The maximum absolute atomic E-state index is 12.0. The highest BCUT2D eigenvalue weighted by molar-refractivity contribution is 7.80. The van der Waals surface area contributed by atoms with Gasteiger partial charge in [0.05, 0.1) is 13.2 Å². The molecule has 0 spiro atoms. The number of hydrogen-bond acceptors (Lipinski definition) is 4. The maximum Gasteiger partial charge on any atom is 0.244 e. The third-order valence-corrected chi connectivity index (χ3v) is 3.67. The second-order valence-corrected chi connectivity index (χ2v) is 5.30. The molecule has 5 nitrogen and oxygen atoms in total. The lowest BCUT2D eigenvalue weighted by Gasteiger charge is -2.37. The van der Waals surface area contributed by atoms with E-state index in [1.54, 1.807) is 19.2 Å². The molecule has 0 saturated carbocycles.